The van der Waals surface area contributed by atoms with Crippen LogP contribution in [0, 0.1) is 5.92 Å². The minimum atomic E-state index is -2.82. The second-order valence-corrected chi connectivity index (χ2v) is 9.92. The van der Waals surface area contributed by atoms with Gasteiger partial charge in [-0.1, -0.05) is 34.1 Å². The van der Waals surface area contributed by atoms with Crippen LogP contribution >= 0.6 is 15.9 Å². The van der Waals surface area contributed by atoms with Gasteiger partial charge in [0.2, 0.25) is 0 Å². The van der Waals surface area contributed by atoms with Crippen molar-refractivity contribution in [2.45, 2.75) is 24.7 Å². The van der Waals surface area contributed by atoms with Crippen LogP contribution in [0.15, 0.2) is 33.7 Å². The summed E-state index contributed by atoms with van der Waals surface area (Å²) in [6, 6.07) is 8.38. The molecule has 0 amide bonds. The summed E-state index contributed by atoms with van der Waals surface area (Å²) in [5.41, 5.74) is 1.52. The van der Waals surface area contributed by atoms with Crippen molar-refractivity contribution in [2.75, 3.05) is 31.6 Å². The maximum absolute atomic E-state index is 11.5. The molecule has 1 aliphatic heterocycles. The van der Waals surface area contributed by atoms with Crippen molar-refractivity contribution < 1.29 is 8.42 Å². The Hall–Kier alpha value is -1.08. The van der Waals surface area contributed by atoms with Gasteiger partial charge in [0.25, 0.3) is 0 Å². The molecule has 2 N–H and O–H groups in total. The van der Waals surface area contributed by atoms with E-state index in [4.69, 9.17) is 0 Å². The Kier molecular flexibility index (Phi) is 5.20. The predicted octanol–water partition coefficient (Wildman–Crippen LogP) is 2.08. The molecule has 1 aromatic rings. The molecule has 3 rings (SSSR count). The maximum atomic E-state index is 11.5. The summed E-state index contributed by atoms with van der Waals surface area (Å²) in [5, 5.41) is 6.69. The van der Waals surface area contributed by atoms with Crippen LogP contribution in [0.3, 0.4) is 0 Å². The van der Waals surface area contributed by atoms with E-state index < -0.39 is 9.84 Å². The van der Waals surface area contributed by atoms with Crippen LogP contribution in [-0.4, -0.2) is 46.0 Å². The molecule has 132 valence electrons. The first kappa shape index (κ1) is 17.7. The van der Waals surface area contributed by atoms with E-state index in [0.29, 0.717) is 12.3 Å². The lowest BCUT2D eigenvalue weighted by molar-refractivity contribution is 0.562. The van der Waals surface area contributed by atoms with Crippen LogP contribution < -0.4 is 10.6 Å². The molecule has 1 saturated carbocycles. The van der Waals surface area contributed by atoms with Gasteiger partial charge < -0.3 is 10.6 Å². The van der Waals surface area contributed by atoms with Crippen LogP contribution in [0.2, 0.25) is 0 Å². The standard InChI is InChI=1S/C17H24BrN3O2S/c1-19-16(20-10-13-6-9-24(22,23)11-13)21-12-17(7-8-17)14-4-2-3-5-15(14)18/h2-5,13H,6-12H2,1H3,(H2,19,20,21). The molecular weight excluding hydrogens is 390 g/mol. The highest BCUT2D eigenvalue weighted by Gasteiger charge is 2.45. The highest BCUT2D eigenvalue weighted by Crippen LogP contribution is 2.49. The Balaban J connectivity index is 1.53. The van der Waals surface area contributed by atoms with Crippen molar-refractivity contribution in [2.24, 2.45) is 10.9 Å². The molecule has 7 heteroatoms. The van der Waals surface area contributed by atoms with Gasteiger partial charge in [-0.2, -0.15) is 0 Å². The van der Waals surface area contributed by atoms with Gasteiger partial charge in [0, 0.05) is 30.0 Å². The third-order valence-electron chi connectivity index (χ3n) is 5.00. The zero-order chi connectivity index (χ0) is 17.2. The monoisotopic (exact) mass is 413 g/mol. The Morgan fingerprint density at radius 2 is 2.08 bits per heavy atom. The number of aliphatic imine (C=N–C) groups is 1. The minimum absolute atomic E-state index is 0.175. The maximum Gasteiger partial charge on any atom is 0.191 e. The van der Waals surface area contributed by atoms with Gasteiger partial charge >= 0.3 is 0 Å². The van der Waals surface area contributed by atoms with Crippen LogP contribution in [0.1, 0.15) is 24.8 Å². The van der Waals surface area contributed by atoms with E-state index in [0.717, 1.165) is 23.4 Å². The van der Waals surface area contributed by atoms with Gasteiger partial charge in [-0.3, -0.25) is 4.99 Å². The molecule has 24 heavy (non-hydrogen) atoms. The number of sulfone groups is 1. The second-order valence-electron chi connectivity index (χ2n) is 6.84. The molecule has 1 aliphatic carbocycles. The van der Waals surface area contributed by atoms with E-state index in [1.807, 2.05) is 6.07 Å². The topological polar surface area (TPSA) is 70.6 Å². The fourth-order valence-electron chi connectivity index (χ4n) is 3.33. The molecule has 1 unspecified atom stereocenters. The van der Waals surface area contributed by atoms with Gasteiger partial charge in [0.15, 0.2) is 15.8 Å². The predicted molar refractivity (Wildman–Crippen MR) is 101 cm³/mol. The number of nitrogens with zero attached hydrogens (tertiary/aromatic N) is 1. The van der Waals surface area contributed by atoms with Crippen molar-refractivity contribution in [1.29, 1.82) is 0 Å². The number of nitrogens with one attached hydrogen (secondary N) is 2. The summed E-state index contributed by atoms with van der Waals surface area (Å²) < 4.78 is 24.2. The van der Waals surface area contributed by atoms with Crippen molar-refractivity contribution in [1.82, 2.24) is 10.6 Å². The first-order valence-electron chi connectivity index (χ1n) is 8.34. The molecule has 1 aromatic carbocycles. The van der Waals surface area contributed by atoms with E-state index in [2.05, 4.69) is 49.8 Å². The lowest BCUT2D eigenvalue weighted by atomic mass is 9.96. The Morgan fingerprint density at radius 3 is 2.67 bits per heavy atom. The number of halogens is 1. The molecule has 2 fully saturated rings. The van der Waals surface area contributed by atoms with Crippen LogP contribution in [0.4, 0.5) is 0 Å². The summed E-state index contributed by atoms with van der Waals surface area (Å²) in [5.74, 6) is 1.54. The zero-order valence-electron chi connectivity index (χ0n) is 13.9. The first-order valence-corrected chi connectivity index (χ1v) is 11.0. The van der Waals surface area contributed by atoms with Crippen molar-refractivity contribution in [3.05, 3.63) is 34.3 Å². The molecular formula is C17H24BrN3O2S. The summed E-state index contributed by atoms with van der Waals surface area (Å²) in [7, 11) is -1.07. The zero-order valence-corrected chi connectivity index (χ0v) is 16.3. The molecule has 0 radical (unpaired) electrons. The molecule has 5 nitrogen and oxygen atoms in total. The van der Waals surface area contributed by atoms with Gasteiger partial charge in [-0.15, -0.1) is 0 Å². The van der Waals surface area contributed by atoms with Crippen LogP contribution in [-0.2, 0) is 15.3 Å². The molecule has 2 aliphatic rings. The van der Waals surface area contributed by atoms with E-state index in [1.54, 1.807) is 7.05 Å². The molecule has 1 saturated heterocycles. The summed E-state index contributed by atoms with van der Waals surface area (Å²) in [6.45, 7) is 1.49. The normalized spacial score (nSPS) is 24.6. The number of rotatable bonds is 5. The highest BCUT2D eigenvalue weighted by atomic mass is 79.9. The fourth-order valence-corrected chi connectivity index (χ4v) is 5.90. The summed E-state index contributed by atoms with van der Waals surface area (Å²) in [4.78, 5) is 4.27. The van der Waals surface area contributed by atoms with Gasteiger partial charge in [0.05, 0.1) is 11.5 Å². The minimum Gasteiger partial charge on any atom is -0.356 e. The summed E-state index contributed by atoms with van der Waals surface area (Å²) >= 11 is 3.65. The van der Waals surface area contributed by atoms with Crippen LogP contribution in [0.5, 0.6) is 0 Å². The summed E-state index contributed by atoms with van der Waals surface area (Å²) in [6.07, 6.45) is 3.08. The molecule has 1 heterocycles. The van der Waals surface area contributed by atoms with E-state index >= 15 is 0 Å². The first-order chi connectivity index (χ1) is 11.4. The van der Waals surface area contributed by atoms with Crippen LogP contribution in [0.25, 0.3) is 0 Å². The molecule has 0 bridgehead atoms. The quantitative estimate of drug-likeness (QED) is 0.572. The molecule has 0 spiro atoms. The lowest BCUT2D eigenvalue weighted by Gasteiger charge is -2.21. The van der Waals surface area contributed by atoms with Crippen molar-refractivity contribution in [3.8, 4) is 0 Å². The van der Waals surface area contributed by atoms with Gasteiger partial charge in [-0.05, 0) is 36.8 Å². The smallest absolute Gasteiger partial charge is 0.191 e. The number of hydrogen-bond donors (Lipinski definition) is 2. The Labute approximate surface area is 152 Å². The third-order valence-corrected chi connectivity index (χ3v) is 7.53. The molecule has 1 atom stereocenters. The van der Waals surface area contributed by atoms with E-state index in [9.17, 15) is 8.42 Å². The number of benzene rings is 1. The van der Waals surface area contributed by atoms with Gasteiger partial charge in [-0.25, -0.2) is 8.42 Å². The Morgan fingerprint density at radius 1 is 1.33 bits per heavy atom. The van der Waals surface area contributed by atoms with E-state index in [-0.39, 0.29) is 17.1 Å². The van der Waals surface area contributed by atoms with E-state index in [1.165, 1.54) is 18.4 Å². The fraction of sp³-hybridized carbons (Fsp3) is 0.588. The third kappa shape index (κ3) is 4.11. The Bertz CT molecular complexity index is 729. The SMILES string of the molecule is CN=C(NCC1CCS(=O)(=O)C1)NCC1(c2ccccc2Br)CC1. The van der Waals surface area contributed by atoms with Crippen molar-refractivity contribution in [3.63, 3.8) is 0 Å². The largest absolute Gasteiger partial charge is 0.356 e. The average molecular weight is 414 g/mol. The second kappa shape index (κ2) is 7.04. The number of guanidine groups is 1. The average Bonchev–Trinajstić information content (AvgIpc) is 3.25. The van der Waals surface area contributed by atoms with Crippen molar-refractivity contribution >= 4 is 31.7 Å². The lowest BCUT2D eigenvalue weighted by Crippen LogP contribution is -2.43. The highest BCUT2D eigenvalue weighted by molar-refractivity contribution is 9.10. The van der Waals surface area contributed by atoms with Gasteiger partial charge in [0.1, 0.15) is 0 Å². The number of hydrogen-bond acceptors (Lipinski definition) is 3. The molecule has 0 aromatic heterocycles.